The molecule has 1 amide bonds. The van der Waals surface area contributed by atoms with Gasteiger partial charge in [-0.2, -0.15) is 13.2 Å². The Morgan fingerprint density at radius 2 is 1.79 bits per heavy atom. The van der Waals surface area contributed by atoms with Crippen molar-refractivity contribution in [3.05, 3.63) is 64.1 Å². The lowest BCUT2D eigenvalue weighted by Crippen LogP contribution is -2.21. The predicted octanol–water partition coefficient (Wildman–Crippen LogP) is 4.69. The molecule has 0 aliphatic heterocycles. The van der Waals surface area contributed by atoms with E-state index < -0.39 is 61.8 Å². The SMILES string of the molecule is COc1c(F)c(C2(O)CC2)cc(C)c1Oc1nnc(C(F)(F)F)c(C)c1C(=O)Nc1cccc(S(C)(=O)=O)c1. The van der Waals surface area contributed by atoms with Crippen molar-refractivity contribution in [1.29, 1.82) is 0 Å². The molecule has 1 aliphatic carbocycles. The number of alkyl halides is 3. The summed E-state index contributed by atoms with van der Waals surface area (Å²) in [5.41, 5.74) is -3.93. The zero-order valence-electron chi connectivity index (χ0n) is 21.1. The smallest absolute Gasteiger partial charge is 0.435 e. The van der Waals surface area contributed by atoms with E-state index in [0.29, 0.717) is 12.8 Å². The van der Waals surface area contributed by atoms with Crippen LogP contribution in [0.3, 0.4) is 0 Å². The Hall–Kier alpha value is -3.78. The summed E-state index contributed by atoms with van der Waals surface area (Å²) in [7, 11) is -2.51. The highest BCUT2D eigenvalue weighted by Gasteiger charge is 2.46. The number of aromatic nitrogens is 2. The number of aliphatic hydroxyl groups is 1. The molecular weight excluding hydrogens is 546 g/mol. The van der Waals surface area contributed by atoms with Crippen molar-refractivity contribution in [2.45, 2.75) is 43.4 Å². The second kappa shape index (κ2) is 9.75. The van der Waals surface area contributed by atoms with Crippen LogP contribution in [0.5, 0.6) is 17.4 Å². The quantitative estimate of drug-likeness (QED) is 0.393. The molecule has 0 saturated heterocycles. The number of nitrogens with zero attached hydrogens (tertiary/aromatic N) is 2. The van der Waals surface area contributed by atoms with E-state index in [1.807, 2.05) is 0 Å². The van der Waals surface area contributed by atoms with Gasteiger partial charge in [0.15, 0.2) is 32.8 Å². The Bertz CT molecular complexity index is 1590. The number of ether oxygens (including phenoxy) is 2. The number of hydrogen-bond acceptors (Lipinski definition) is 8. The van der Waals surface area contributed by atoms with Gasteiger partial charge in [-0.05, 0) is 62.1 Å². The number of methoxy groups -OCH3 is 1. The Morgan fingerprint density at radius 3 is 2.36 bits per heavy atom. The van der Waals surface area contributed by atoms with Crippen LogP contribution in [0, 0.1) is 19.7 Å². The molecule has 1 fully saturated rings. The van der Waals surface area contributed by atoms with Gasteiger partial charge in [0.25, 0.3) is 11.8 Å². The van der Waals surface area contributed by atoms with Crippen LogP contribution in [-0.4, -0.2) is 43.0 Å². The first-order chi connectivity index (χ1) is 18.1. The molecule has 39 heavy (non-hydrogen) atoms. The standard InChI is InChI=1S/C25H23F4N3O6S/c1-12-10-16(24(34)8-9-24)18(26)20(37-3)19(12)38-23-17(13(2)21(31-32-23)25(27,28)29)22(33)30-14-6-5-7-15(11-14)39(4,35)36/h5-7,10-11,34H,8-9H2,1-4H3,(H,30,33). The molecule has 208 valence electrons. The van der Waals surface area contributed by atoms with E-state index in [9.17, 15) is 31.5 Å². The summed E-state index contributed by atoms with van der Waals surface area (Å²) in [6, 6.07) is 6.42. The third-order valence-corrected chi connectivity index (χ3v) is 7.30. The van der Waals surface area contributed by atoms with Gasteiger partial charge in [0, 0.05) is 17.5 Å². The van der Waals surface area contributed by atoms with Crippen molar-refractivity contribution in [3.63, 3.8) is 0 Å². The summed E-state index contributed by atoms with van der Waals surface area (Å²) < 4.78 is 90.7. The van der Waals surface area contributed by atoms with Crippen molar-refractivity contribution in [1.82, 2.24) is 10.2 Å². The first-order valence-electron chi connectivity index (χ1n) is 11.4. The van der Waals surface area contributed by atoms with Gasteiger partial charge in [0.2, 0.25) is 0 Å². The number of rotatable bonds is 7. The lowest BCUT2D eigenvalue weighted by molar-refractivity contribution is -0.142. The third kappa shape index (κ3) is 5.52. The van der Waals surface area contributed by atoms with Crippen LogP contribution in [0.2, 0.25) is 0 Å². The van der Waals surface area contributed by atoms with Crippen LogP contribution in [0.1, 0.15) is 45.6 Å². The molecule has 14 heteroatoms. The third-order valence-electron chi connectivity index (χ3n) is 6.19. The van der Waals surface area contributed by atoms with E-state index in [4.69, 9.17) is 9.47 Å². The van der Waals surface area contributed by atoms with Gasteiger partial charge in [-0.15, -0.1) is 10.2 Å². The number of benzene rings is 2. The summed E-state index contributed by atoms with van der Waals surface area (Å²) in [4.78, 5) is 13.1. The van der Waals surface area contributed by atoms with Crippen molar-refractivity contribution in [2.75, 3.05) is 18.7 Å². The minimum absolute atomic E-state index is 0.0254. The normalized spacial score (nSPS) is 14.6. The molecule has 0 atom stereocenters. The number of hydrogen-bond donors (Lipinski definition) is 2. The van der Waals surface area contributed by atoms with Gasteiger partial charge in [0.05, 0.1) is 17.6 Å². The minimum atomic E-state index is -4.97. The van der Waals surface area contributed by atoms with Crippen LogP contribution in [0.25, 0.3) is 0 Å². The number of sulfone groups is 1. The summed E-state index contributed by atoms with van der Waals surface area (Å²) in [6.45, 7) is 2.48. The molecule has 0 bridgehead atoms. The lowest BCUT2D eigenvalue weighted by atomic mass is 10.0. The summed E-state index contributed by atoms with van der Waals surface area (Å²) >= 11 is 0. The molecular formula is C25H23F4N3O6S. The second-order valence-corrected chi connectivity index (χ2v) is 11.2. The van der Waals surface area contributed by atoms with Gasteiger partial charge in [-0.1, -0.05) is 6.07 Å². The highest BCUT2D eigenvalue weighted by atomic mass is 32.2. The van der Waals surface area contributed by atoms with Crippen LogP contribution >= 0.6 is 0 Å². The zero-order valence-corrected chi connectivity index (χ0v) is 21.9. The maximum absolute atomic E-state index is 15.3. The molecule has 2 N–H and O–H groups in total. The largest absolute Gasteiger partial charge is 0.490 e. The average molecular weight is 570 g/mol. The van der Waals surface area contributed by atoms with Crippen molar-refractivity contribution in [2.24, 2.45) is 0 Å². The van der Waals surface area contributed by atoms with Crippen LogP contribution < -0.4 is 14.8 Å². The van der Waals surface area contributed by atoms with E-state index in [1.165, 1.54) is 31.2 Å². The van der Waals surface area contributed by atoms with Gasteiger partial charge >= 0.3 is 6.18 Å². The lowest BCUT2D eigenvalue weighted by Gasteiger charge is -2.20. The Balaban J connectivity index is 1.82. The molecule has 1 saturated carbocycles. The van der Waals surface area contributed by atoms with Crippen molar-refractivity contribution in [3.8, 4) is 17.4 Å². The molecule has 2 aromatic carbocycles. The van der Waals surface area contributed by atoms with Gasteiger partial charge in [-0.25, -0.2) is 12.8 Å². The second-order valence-electron chi connectivity index (χ2n) is 9.16. The Morgan fingerprint density at radius 1 is 1.13 bits per heavy atom. The molecule has 0 spiro atoms. The van der Waals surface area contributed by atoms with E-state index in [0.717, 1.165) is 26.4 Å². The molecule has 3 aromatic rings. The number of aryl methyl sites for hydroxylation is 1. The molecule has 1 aliphatic rings. The number of halogens is 4. The molecule has 9 nitrogen and oxygen atoms in total. The number of carbonyl (C=O) groups is 1. The van der Waals surface area contributed by atoms with E-state index in [1.54, 1.807) is 0 Å². The molecule has 1 aromatic heterocycles. The molecule has 1 heterocycles. The first-order valence-corrected chi connectivity index (χ1v) is 13.3. The molecule has 0 radical (unpaired) electrons. The highest BCUT2D eigenvalue weighted by Crippen LogP contribution is 2.50. The number of carbonyl (C=O) groups excluding carboxylic acids is 1. The maximum atomic E-state index is 15.3. The predicted molar refractivity (Wildman–Crippen MR) is 130 cm³/mol. The maximum Gasteiger partial charge on any atom is 0.435 e. The fourth-order valence-corrected chi connectivity index (χ4v) is 4.65. The van der Waals surface area contributed by atoms with Crippen LogP contribution in [0.4, 0.5) is 23.2 Å². The van der Waals surface area contributed by atoms with Crippen molar-refractivity contribution >= 4 is 21.4 Å². The van der Waals surface area contributed by atoms with Gasteiger partial charge < -0.3 is 19.9 Å². The van der Waals surface area contributed by atoms with Gasteiger partial charge in [0.1, 0.15) is 5.56 Å². The van der Waals surface area contributed by atoms with Crippen molar-refractivity contribution < 1.29 is 45.4 Å². The molecule has 0 unspecified atom stereocenters. The summed E-state index contributed by atoms with van der Waals surface area (Å²) in [6.07, 6.45) is -3.35. The Labute approximate surface area is 220 Å². The number of amides is 1. The fourth-order valence-electron chi connectivity index (χ4n) is 3.98. The van der Waals surface area contributed by atoms with E-state index in [2.05, 4.69) is 15.5 Å². The van der Waals surface area contributed by atoms with Gasteiger partial charge in [-0.3, -0.25) is 4.79 Å². The highest BCUT2D eigenvalue weighted by molar-refractivity contribution is 7.90. The molecule has 4 rings (SSSR count). The zero-order chi connectivity index (χ0) is 28.9. The monoisotopic (exact) mass is 569 g/mol. The topological polar surface area (TPSA) is 128 Å². The fraction of sp³-hybridized carbons (Fsp3) is 0.320. The number of anilines is 1. The first kappa shape index (κ1) is 28.2. The van der Waals surface area contributed by atoms with E-state index >= 15 is 4.39 Å². The Kier molecular flexibility index (Phi) is 7.06. The summed E-state index contributed by atoms with van der Waals surface area (Å²) in [5, 5.41) is 19.4. The van der Waals surface area contributed by atoms with E-state index in [-0.39, 0.29) is 27.5 Å². The van der Waals surface area contributed by atoms with Crippen LogP contribution in [0.15, 0.2) is 35.2 Å². The van der Waals surface area contributed by atoms with Crippen LogP contribution in [-0.2, 0) is 21.6 Å². The number of nitrogens with one attached hydrogen (secondary N) is 1. The summed E-state index contributed by atoms with van der Waals surface area (Å²) in [5.74, 6) is -3.47. The minimum Gasteiger partial charge on any atom is -0.490 e. The average Bonchev–Trinajstić information content (AvgIpc) is 3.58.